The van der Waals surface area contributed by atoms with Crippen LogP contribution in [0, 0.1) is 34.5 Å². The SMILES string of the molecule is C[C@]12CC[C@H]3[C@@H](CC[C@@H]4CC(=O)CC[C@@]43CO)[C@@H]1CCC2=O. The van der Waals surface area contributed by atoms with Crippen LogP contribution >= 0.6 is 0 Å². The van der Waals surface area contributed by atoms with Crippen molar-refractivity contribution in [3.8, 4) is 0 Å². The van der Waals surface area contributed by atoms with Gasteiger partial charge in [-0.1, -0.05) is 6.92 Å². The molecule has 4 saturated carbocycles. The first-order valence-electron chi connectivity index (χ1n) is 9.17. The molecule has 3 nitrogen and oxygen atoms in total. The fraction of sp³-hybridized carbons (Fsp3) is 0.895. The maximum atomic E-state index is 12.4. The Balaban J connectivity index is 1.68. The molecule has 0 radical (unpaired) electrons. The van der Waals surface area contributed by atoms with E-state index in [0.29, 0.717) is 48.1 Å². The van der Waals surface area contributed by atoms with Gasteiger partial charge < -0.3 is 5.11 Å². The van der Waals surface area contributed by atoms with Crippen LogP contribution in [0.4, 0.5) is 0 Å². The van der Waals surface area contributed by atoms with Crippen LogP contribution in [0.5, 0.6) is 0 Å². The summed E-state index contributed by atoms with van der Waals surface area (Å²) in [6.07, 6.45) is 8.36. The highest BCUT2D eigenvalue weighted by molar-refractivity contribution is 5.87. The summed E-state index contributed by atoms with van der Waals surface area (Å²) in [7, 11) is 0. The van der Waals surface area contributed by atoms with E-state index in [1.807, 2.05) is 0 Å². The van der Waals surface area contributed by atoms with E-state index in [9.17, 15) is 14.7 Å². The Bertz CT molecular complexity index is 513. The summed E-state index contributed by atoms with van der Waals surface area (Å²) in [6, 6.07) is 0. The van der Waals surface area contributed by atoms with E-state index in [2.05, 4.69) is 6.92 Å². The van der Waals surface area contributed by atoms with E-state index in [1.54, 1.807) is 0 Å². The second kappa shape index (κ2) is 4.90. The van der Waals surface area contributed by atoms with Gasteiger partial charge in [0, 0.05) is 36.7 Å². The highest BCUT2D eigenvalue weighted by Crippen LogP contribution is 2.65. The van der Waals surface area contributed by atoms with Crippen molar-refractivity contribution in [1.82, 2.24) is 0 Å². The average molecular weight is 304 g/mol. The molecule has 0 aromatic rings. The zero-order chi connectivity index (χ0) is 15.5. The maximum absolute atomic E-state index is 12.4. The van der Waals surface area contributed by atoms with Crippen molar-refractivity contribution in [1.29, 1.82) is 0 Å². The lowest BCUT2D eigenvalue weighted by molar-refractivity contribution is -0.154. The summed E-state index contributed by atoms with van der Waals surface area (Å²) in [4.78, 5) is 24.3. The number of hydrogen-bond donors (Lipinski definition) is 1. The largest absolute Gasteiger partial charge is 0.396 e. The van der Waals surface area contributed by atoms with Crippen LogP contribution in [-0.2, 0) is 9.59 Å². The van der Waals surface area contributed by atoms with E-state index in [1.165, 1.54) is 0 Å². The molecule has 0 bridgehead atoms. The van der Waals surface area contributed by atoms with Crippen molar-refractivity contribution in [3.05, 3.63) is 0 Å². The highest BCUT2D eigenvalue weighted by atomic mass is 16.3. The average Bonchev–Trinajstić information content (AvgIpc) is 2.82. The predicted molar refractivity (Wildman–Crippen MR) is 83.2 cm³/mol. The minimum atomic E-state index is -0.0882. The number of carbonyl (C=O) groups excluding carboxylic acids is 2. The zero-order valence-electron chi connectivity index (χ0n) is 13.6. The molecule has 4 aliphatic rings. The summed E-state index contributed by atoms with van der Waals surface area (Å²) in [6.45, 7) is 2.44. The monoisotopic (exact) mass is 304 g/mol. The third-order valence-corrected chi connectivity index (χ3v) is 8.18. The molecule has 0 heterocycles. The zero-order valence-corrected chi connectivity index (χ0v) is 13.6. The molecule has 0 aliphatic heterocycles. The lowest BCUT2D eigenvalue weighted by atomic mass is 9.45. The molecule has 0 saturated heterocycles. The summed E-state index contributed by atoms with van der Waals surface area (Å²) >= 11 is 0. The third kappa shape index (κ3) is 1.78. The van der Waals surface area contributed by atoms with Gasteiger partial charge in [-0.2, -0.15) is 0 Å². The lowest BCUT2D eigenvalue weighted by Gasteiger charge is -2.59. The maximum Gasteiger partial charge on any atom is 0.139 e. The van der Waals surface area contributed by atoms with E-state index in [-0.39, 0.29) is 17.4 Å². The van der Waals surface area contributed by atoms with E-state index in [0.717, 1.165) is 44.9 Å². The molecule has 1 N–H and O–H groups in total. The number of rotatable bonds is 1. The minimum Gasteiger partial charge on any atom is -0.396 e. The summed E-state index contributed by atoms with van der Waals surface area (Å²) in [5.41, 5.74) is -0.112. The van der Waals surface area contributed by atoms with Gasteiger partial charge in [0.1, 0.15) is 11.6 Å². The minimum absolute atomic E-state index is 0.0240. The Morgan fingerprint density at radius 1 is 1.05 bits per heavy atom. The molecular weight excluding hydrogens is 276 g/mol. The van der Waals surface area contributed by atoms with Crippen molar-refractivity contribution in [2.45, 2.75) is 64.7 Å². The summed E-state index contributed by atoms with van der Waals surface area (Å²) in [5, 5.41) is 10.3. The van der Waals surface area contributed by atoms with Crippen LogP contribution in [0.2, 0.25) is 0 Å². The van der Waals surface area contributed by atoms with Gasteiger partial charge in [0.25, 0.3) is 0 Å². The molecule has 122 valence electrons. The molecule has 4 rings (SSSR count). The van der Waals surface area contributed by atoms with Crippen LogP contribution in [0.25, 0.3) is 0 Å². The molecule has 3 heteroatoms. The first-order valence-corrected chi connectivity index (χ1v) is 9.17. The number of aliphatic hydroxyl groups excluding tert-OH is 1. The predicted octanol–water partition coefficient (Wildman–Crippen LogP) is 3.14. The molecule has 0 aromatic carbocycles. The van der Waals surface area contributed by atoms with Gasteiger partial charge in [-0.05, 0) is 62.2 Å². The number of carbonyl (C=O) groups is 2. The normalized spacial score (nSPS) is 51.2. The molecule has 0 aromatic heterocycles. The number of Topliss-reactive ketones (excluding diaryl/α,β-unsaturated/α-hetero) is 2. The van der Waals surface area contributed by atoms with Gasteiger partial charge in [0.2, 0.25) is 0 Å². The first kappa shape index (κ1) is 14.9. The molecule has 0 amide bonds. The molecule has 6 atom stereocenters. The second-order valence-electron chi connectivity index (χ2n) is 8.70. The standard InChI is InChI=1S/C19H28O3/c1-18-8-7-16-14(15(18)4-5-17(18)22)3-2-12-10-13(21)6-9-19(12,16)11-20/h12,14-16,20H,2-11H2,1H3/t12-,14+,15+,16+,18+,19-/m1/s1. The number of ketones is 2. The van der Waals surface area contributed by atoms with Crippen molar-refractivity contribution < 1.29 is 14.7 Å². The Labute approximate surface area is 132 Å². The van der Waals surface area contributed by atoms with Crippen LogP contribution < -0.4 is 0 Å². The van der Waals surface area contributed by atoms with Gasteiger partial charge in [0.15, 0.2) is 0 Å². The second-order valence-corrected chi connectivity index (χ2v) is 8.70. The molecular formula is C19H28O3. The highest BCUT2D eigenvalue weighted by Gasteiger charge is 2.61. The number of fused-ring (bicyclic) bond motifs is 5. The van der Waals surface area contributed by atoms with Gasteiger partial charge in [-0.3, -0.25) is 9.59 Å². The van der Waals surface area contributed by atoms with Crippen molar-refractivity contribution in [2.24, 2.45) is 34.5 Å². The van der Waals surface area contributed by atoms with Gasteiger partial charge in [-0.25, -0.2) is 0 Å². The van der Waals surface area contributed by atoms with Crippen LogP contribution in [-0.4, -0.2) is 23.3 Å². The van der Waals surface area contributed by atoms with Gasteiger partial charge in [-0.15, -0.1) is 0 Å². The van der Waals surface area contributed by atoms with Crippen molar-refractivity contribution in [2.75, 3.05) is 6.61 Å². The topological polar surface area (TPSA) is 54.4 Å². The Kier molecular flexibility index (Phi) is 3.31. The van der Waals surface area contributed by atoms with Crippen molar-refractivity contribution >= 4 is 11.6 Å². The molecule has 0 spiro atoms. The van der Waals surface area contributed by atoms with Crippen LogP contribution in [0.15, 0.2) is 0 Å². The molecule has 4 fully saturated rings. The van der Waals surface area contributed by atoms with Gasteiger partial charge >= 0.3 is 0 Å². The van der Waals surface area contributed by atoms with Gasteiger partial charge in [0.05, 0.1) is 0 Å². The Morgan fingerprint density at radius 3 is 2.64 bits per heavy atom. The van der Waals surface area contributed by atoms with E-state index >= 15 is 0 Å². The van der Waals surface area contributed by atoms with Crippen LogP contribution in [0.1, 0.15) is 64.7 Å². The number of aliphatic hydroxyl groups is 1. The van der Waals surface area contributed by atoms with E-state index < -0.39 is 0 Å². The summed E-state index contributed by atoms with van der Waals surface area (Å²) < 4.78 is 0. The smallest absolute Gasteiger partial charge is 0.139 e. The molecule has 22 heavy (non-hydrogen) atoms. The Morgan fingerprint density at radius 2 is 1.86 bits per heavy atom. The first-order chi connectivity index (χ1) is 10.5. The summed E-state index contributed by atoms with van der Waals surface area (Å²) in [5.74, 6) is 2.93. The van der Waals surface area contributed by atoms with Crippen LogP contribution in [0.3, 0.4) is 0 Å². The Hall–Kier alpha value is -0.700. The lowest BCUT2D eigenvalue weighted by Crippen LogP contribution is -2.56. The fourth-order valence-electron chi connectivity index (χ4n) is 6.93. The van der Waals surface area contributed by atoms with Crippen molar-refractivity contribution in [3.63, 3.8) is 0 Å². The third-order valence-electron chi connectivity index (χ3n) is 8.18. The van der Waals surface area contributed by atoms with E-state index in [4.69, 9.17) is 0 Å². The quantitative estimate of drug-likeness (QED) is 0.809. The fourth-order valence-corrected chi connectivity index (χ4v) is 6.93. The molecule has 4 aliphatic carbocycles. The number of hydrogen-bond acceptors (Lipinski definition) is 3. The molecule has 0 unspecified atom stereocenters.